The van der Waals surface area contributed by atoms with Crippen LogP contribution in [0.4, 0.5) is 0 Å². The molecule has 0 saturated heterocycles. The van der Waals surface area contributed by atoms with Crippen molar-refractivity contribution in [1.29, 1.82) is 0 Å². The van der Waals surface area contributed by atoms with E-state index in [-0.39, 0.29) is 5.09 Å². The van der Waals surface area contributed by atoms with Crippen molar-refractivity contribution in [3.63, 3.8) is 0 Å². The second kappa shape index (κ2) is 5.65. The van der Waals surface area contributed by atoms with Gasteiger partial charge < -0.3 is 9.73 Å². The summed E-state index contributed by atoms with van der Waals surface area (Å²) in [6.45, 7) is 4.01. The number of hydrogen-bond acceptors (Lipinski definition) is 6. The number of rotatable bonds is 6. The van der Waals surface area contributed by atoms with Crippen molar-refractivity contribution in [2.75, 3.05) is 7.05 Å². The van der Waals surface area contributed by atoms with E-state index in [9.17, 15) is 8.42 Å². The lowest BCUT2D eigenvalue weighted by Gasteiger charge is -2.22. The van der Waals surface area contributed by atoms with Crippen LogP contribution in [-0.4, -0.2) is 20.4 Å². The third-order valence-corrected chi connectivity index (χ3v) is 5.23. The molecule has 0 aliphatic carbocycles. The molecule has 2 aromatic rings. The Morgan fingerprint density at radius 1 is 1.40 bits per heavy atom. The number of nitrogens with zero attached hydrogens (tertiary/aromatic N) is 1. The first-order chi connectivity index (χ1) is 9.35. The quantitative estimate of drug-likeness (QED) is 0.847. The molecule has 0 bridgehead atoms. The number of sulfonamides is 1. The Morgan fingerprint density at radius 3 is 2.75 bits per heavy atom. The Labute approximate surface area is 122 Å². The van der Waals surface area contributed by atoms with Crippen molar-refractivity contribution in [2.24, 2.45) is 0 Å². The second-order valence-electron chi connectivity index (χ2n) is 4.82. The first-order valence-corrected chi connectivity index (χ1v) is 8.39. The van der Waals surface area contributed by atoms with E-state index >= 15 is 0 Å². The van der Waals surface area contributed by atoms with Gasteiger partial charge in [-0.2, -0.15) is 4.72 Å². The average molecular weight is 315 g/mol. The van der Waals surface area contributed by atoms with Crippen molar-refractivity contribution < 1.29 is 12.8 Å². The lowest BCUT2D eigenvalue weighted by molar-refractivity contribution is 0.393. The number of furan rings is 1. The van der Waals surface area contributed by atoms with Crippen molar-refractivity contribution >= 4 is 21.4 Å². The SMILES string of the molecule is CNCc1ccc(S(=O)(=O)NC(C)(C)c2nccs2)o1. The smallest absolute Gasteiger partial charge is 0.274 e. The first kappa shape index (κ1) is 15.2. The van der Waals surface area contributed by atoms with Crippen LogP contribution in [0.5, 0.6) is 0 Å². The molecule has 0 radical (unpaired) electrons. The summed E-state index contributed by atoms with van der Waals surface area (Å²) in [5.41, 5.74) is -0.789. The highest BCUT2D eigenvalue weighted by molar-refractivity contribution is 7.89. The van der Waals surface area contributed by atoms with Crippen molar-refractivity contribution in [3.8, 4) is 0 Å². The highest BCUT2D eigenvalue weighted by Crippen LogP contribution is 2.25. The van der Waals surface area contributed by atoms with Crippen LogP contribution in [0, 0.1) is 0 Å². The van der Waals surface area contributed by atoms with Crippen LogP contribution >= 0.6 is 11.3 Å². The molecule has 2 rings (SSSR count). The molecule has 2 N–H and O–H groups in total. The van der Waals surface area contributed by atoms with Gasteiger partial charge in [0.05, 0.1) is 12.1 Å². The molecule has 0 aliphatic heterocycles. The molecular formula is C12H17N3O3S2. The zero-order chi connectivity index (χ0) is 14.8. The Morgan fingerprint density at radius 2 is 2.15 bits per heavy atom. The average Bonchev–Trinajstić information content (AvgIpc) is 2.99. The predicted molar refractivity (Wildman–Crippen MR) is 76.9 cm³/mol. The van der Waals surface area contributed by atoms with Gasteiger partial charge in [0.2, 0.25) is 5.09 Å². The fraction of sp³-hybridized carbons (Fsp3) is 0.417. The minimum atomic E-state index is -3.72. The normalized spacial score (nSPS) is 12.8. The highest BCUT2D eigenvalue weighted by atomic mass is 32.2. The van der Waals surface area contributed by atoms with Gasteiger partial charge >= 0.3 is 0 Å². The Balaban J connectivity index is 2.22. The van der Waals surface area contributed by atoms with Gasteiger partial charge in [0, 0.05) is 11.6 Å². The van der Waals surface area contributed by atoms with Gasteiger partial charge in [0.15, 0.2) is 0 Å². The zero-order valence-electron chi connectivity index (χ0n) is 11.5. The number of nitrogens with one attached hydrogen (secondary N) is 2. The molecule has 2 aromatic heterocycles. The summed E-state index contributed by atoms with van der Waals surface area (Å²) in [5, 5.41) is 5.32. The maximum Gasteiger partial charge on any atom is 0.274 e. The monoisotopic (exact) mass is 315 g/mol. The van der Waals surface area contributed by atoms with Gasteiger partial charge in [-0.25, -0.2) is 13.4 Å². The van der Waals surface area contributed by atoms with Crippen LogP contribution in [0.2, 0.25) is 0 Å². The largest absolute Gasteiger partial charge is 0.447 e. The summed E-state index contributed by atoms with van der Waals surface area (Å²) in [7, 11) is -1.95. The highest BCUT2D eigenvalue weighted by Gasteiger charge is 2.31. The summed E-state index contributed by atoms with van der Waals surface area (Å²) >= 11 is 1.40. The molecule has 0 spiro atoms. The van der Waals surface area contributed by atoms with Crippen LogP contribution in [0.15, 0.2) is 33.2 Å². The van der Waals surface area contributed by atoms with E-state index in [1.165, 1.54) is 17.4 Å². The molecule has 8 heteroatoms. The van der Waals surface area contributed by atoms with Crippen LogP contribution < -0.4 is 10.0 Å². The molecule has 2 heterocycles. The molecule has 0 saturated carbocycles. The molecule has 0 aliphatic rings. The number of hydrogen-bond donors (Lipinski definition) is 2. The van der Waals surface area contributed by atoms with Gasteiger partial charge in [-0.05, 0) is 33.0 Å². The third-order valence-electron chi connectivity index (χ3n) is 2.61. The Bertz CT molecular complexity index is 660. The van der Waals surface area contributed by atoms with E-state index in [1.54, 1.807) is 33.2 Å². The summed E-state index contributed by atoms with van der Waals surface area (Å²) in [6.07, 6.45) is 1.65. The summed E-state index contributed by atoms with van der Waals surface area (Å²) in [4.78, 5) is 4.15. The van der Waals surface area contributed by atoms with E-state index in [0.717, 1.165) is 0 Å². The van der Waals surface area contributed by atoms with Crippen molar-refractivity contribution in [3.05, 3.63) is 34.5 Å². The van der Waals surface area contributed by atoms with Gasteiger partial charge in [-0.3, -0.25) is 0 Å². The predicted octanol–water partition coefficient (Wildman–Crippen LogP) is 1.67. The number of thiazole rings is 1. The van der Waals surface area contributed by atoms with E-state index in [0.29, 0.717) is 17.3 Å². The standard InChI is InChI=1S/C12H17N3O3S2/c1-12(2,11-14-6-7-19-11)15-20(16,17)10-5-4-9(18-10)8-13-3/h4-7,13,15H,8H2,1-3H3. The molecule has 0 unspecified atom stereocenters. The lowest BCUT2D eigenvalue weighted by atomic mass is 10.1. The summed E-state index contributed by atoms with van der Waals surface area (Å²) in [6, 6.07) is 3.09. The topological polar surface area (TPSA) is 84.2 Å². The van der Waals surface area contributed by atoms with E-state index in [4.69, 9.17) is 4.42 Å². The van der Waals surface area contributed by atoms with Gasteiger partial charge in [-0.15, -0.1) is 11.3 Å². The van der Waals surface area contributed by atoms with Crippen LogP contribution in [-0.2, 0) is 22.1 Å². The van der Waals surface area contributed by atoms with Crippen molar-refractivity contribution in [1.82, 2.24) is 15.0 Å². The van der Waals surface area contributed by atoms with Crippen LogP contribution in [0.25, 0.3) is 0 Å². The van der Waals surface area contributed by atoms with E-state index in [2.05, 4.69) is 15.0 Å². The minimum absolute atomic E-state index is 0.0904. The van der Waals surface area contributed by atoms with Gasteiger partial charge in [-0.1, -0.05) is 0 Å². The fourth-order valence-corrected chi connectivity index (χ4v) is 3.85. The van der Waals surface area contributed by atoms with Crippen molar-refractivity contribution in [2.45, 2.75) is 31.0 Å². The molecule has 0 amide bonds. The first-order valence-electron chi connectivity index (χ1n) is 6.02. The van der Waals surface area contributed by atoms with Gasteiger partial charge in [0.25, 0.3) is 10.0 Å². The lowest BCUT2D eigenvalue weighted by Crippen LogP contribution is -2.40. The molecule has 0 atom stereocenters. The molecular weight excluding hydrogens is 298 g/mol. The third kappa shape index (κ3) is 3.26. The van der Waals surface area contributed by atoms with Crippen LogP contribution in [0.1, 0.15) is 24.6 Å². The molecule has 20 heavy (non-hydrogen) atoms. The maximum atomic E-state index is 12.3. The Kier molecular flexibility index (Phi) is 4.28. The Hall–Kier alpha value is -1.22. The van der Waals surface area contributed by atoms with E-state index < -0.39 is 15.6 Å². The van der Waals surface area contributed by atoms with Gasteiger partial charge in [0.1, 0.15) is 10.8 Å². The minimum Gasteiger partial charge on any atom is -0.447 e. The molecule has 110 valence electrons. The second-order valence-corrected chi connectivity index (χ2v) is 7.33. The molecule has 0 fully saturated rings. The maximum absolute atomic E-state index is 12.3. The van der Waals surface area contributed by atoms with E-state index in [1.807, 2.05) is 5.38 Å². The zero-order valence-corrected chi connectivity index (χ0v) is 13.1. The van der Waals surface area contributed by atoms with Crippen LogP contribution in [0.3, 0.4) is 0 Å². The summed E-state index contributed by atoms with van der Waals surface area (Å²) in [5.74, 6) is 0.569. The summed E-state index contributed by atoms with van der Waals surface area (Å²) < 4.78 is 32.6. The molecule has 6 nitrogen and oxygen atoms in total. The number of aromatic nitrogens is 1. The fourth-order valence-electron chi connectivity index (χ4n) is 1.73. The molecule has 0 aromatic carbocycles.